The fraction of sp³-hybridized carbons (Fsp3) is 0.0909. The Morgan fingerprint density at radius 2 is 2.05 bits per heavy atom. The van der Waals surface area contributed by atoms with E-state index in [0.29, 0.717) is 21.3 Å². The van der Waals surface area contributed by atoms with Crippen LogP contribution in [0.5, 0.6) is 5.88 Å². The topological polar surface area (TPSA) is 68.9 Å². The molecule has 1 aromatic carbocycles. The van der Waals surface area contributed by atoms with Crippen LogP contribution in [0.2, 0.25) is 5.02 Å². The van der Waals surface area contributed by atoms with Crippen molar-refractivity contribution in [2.24, 2.45) is 0 Å². The molecule has 0 aliphatic rings. The van der Waals surface area contributed by atoms with Crippen molar-refractivity contribution >= 4 is 68.6 Å². The van der Waals surface area contributed by atoms with Crippen molar-refractivity contribution in [2.75, 3.05) is 5.32 Å². The molecule has 0 saturated heterocycles. The van der Waals surface area contributed by atoms with Crippen LogP contribution in [-0.4, -0.2) is 9.48 Å². The SMILES string of the molecule is N#Cc1c(O)nsc1Nc1ccc(Cl)c(C(Cl)(Cl)Cl)c1. The number of halogens is 4. The van der Waals surface area contributed by atoms with Crippen LogP contribution in [0, 0.1) is 11.3 Å². The van der Waals surface area contributed by atoms with E-state index in [2.05, 4.69) is 9.69 Å². The molecule has 1 heterocycles. The molecular weight excluding hydrogens is 364 g/mol. The van der Waals surface area contributed by atoms with Gasteiger partial charge in [-0.15, -0.1) is 0 Å². The van der Waals surface area contributed by atoms with Crippen molar-refractivity contribution in [3.8, 4) is 11.9 Å². The second kappa shape index (κ2) is 5.84. The van der Waals surface area contributed by atoms with Gasteiger partial charge >= 0.3 is 0 Å². The maximum atomic E-state index is 9.39. The molecule has 0 fully saturated rings. The average molecular weight is 369 g/mol. The Balaban J connectivity index is 2.38. The van der Waals surface area contributed by atoms with Crippen LogP contribution in [0.3, 0.4) is 0 Å². The number of rotatable bonds is 2. The summed E-state index contributed by atoms with van der Waals surface area (Å²) in [6, 6.07) is 6.62. The van der Waals surface area contributed by atoms with Gasteiger partial charge in [0.1, 0.15) is 11.1 Å². The van der Waals surface area contributed by atoms with Crippen LogP contribution in [0.1, 0.15) is 11.1 Å². The molecule has 2 aromatic rings. The molecule has 9 heteroatoms. The standard InChI is InChI=1S/C11H5Cl4N3OS/c12-8-2-1-5(3-7(8)11(13,14)15)17-10-6(4-16)9(19)18-20-10/h1-3,17H,(H,18,19). The molecule has 0 amide bonds. The number of hydrogen-bond acceptors (Lipinski definition) is 5. The molecular formula is C11H5Cl4N3OS. The summed E-state index contributed by atoms with van der Waals surface area (Å²) in [6.45, 7) is 0. The van der Waals surface area contributed by atoms with Crippen molar-refractivity contribution in [3.05, 3.63) is 34.3 Å². The molecule has 2 N–H and O–H groups in total. The summed E-state index contributed by atoms with van der Waals surface area (Å²) in [4.78, 5) is 0. The number of alkyl halides is 3. The van der Waals surface area contributed by atoms with E-state index in [1.165, 1.54) is 0 Å². The highest BCUT2D eigenvalue weighted by Crippen LogP contribution is 2.43. The highest BCUT2D eigenvalue weighted by atomic mass is 35.6. The van der Waals surface area contributed by atoms with Gasteiger partial charge in [0.05, 0.1) is 0 Å². The Morgan fingerprint density at radius 1 is 1.35 bits per heavy atom. The summed E-state index contributed by atoms with van der Waals surface area (Å²) < 4.78 is 2.02. The lowest BCUT2D eigenvalue weighted by molar-refractivity contribution is 0.458. The number of nitrogens with zero attached hydrogens (tertiary/aromatic N) is 2. The van der Waals surface area contributed by atoms with Crippen LogP contribution in [0.25, 0.3) is 0 Å². The molecule has 0 aliphatic carbocycles. The van der Waals surface area contributed by atoms with Gasteiger partial charge in [-0.05, 0) is 29.7 Å². The zero-order valence-corrected chi connectivity index (χ0v) is 13.3. The van der Waals surface area contributed by atoms with Crippen LogP contribution < -0.4 is 5.32 Å². The number of aromatic nitrogens is 1. The maximum absolute atomic E-state index is 9.39. The third-order valence-electron chi connectivity index (χ3n) is 2.32. The first-order valence-electron chi connectivity index (χ1n) is 5.05. The number of nitrogens with one attached hydrogen (secondary N) is 1. The van der Waals surface area contributed by atoms with Gasteiger partial charge in [0, 0.05) is 16.3 Å². The van der Waals surface area contributed by atoms with Crippen LogP contribution >= 0.6 is 57.9 Å². The summed E-state index contributed by atoms with van der Waals surface area (Å²) in [7, 11) is 0. The van der Waals surface area contributed by atoms with E-state index in [1.807, 2.05) is 6.07 Å². The Labute approximate surface area is 138 Å². The zero-order valence-electron chi connectivity index (χ0n) is 9.49. The molecule has 104 valence electrons. The normalized spacial score (nSPS) is 11.2. The smallest absolute Gasteiger partial charge is 0.243 e. The van der Waals surface area contributed by atoms with E-state index < -0.39 is 3.79 Å². The first kappa shape index (κ1) is 15.5. The number of benzene rings is 1. The van der Waals surface area contributed by atoms with Crippen molar-refractivity contribution in [1.82, 2.24) is 4.37 Å². The lowest BCUT2D eigenvalue weighted by Crippen LogP contribution is -2.02. The Bertz CT molecular complexity index is 690. The van der Waals surface area contributed by atoms with E-state index in [4.69, 9.17) is 51.7 Å². The Hall–Kier alpha value is -0.900. The van der Waals surface area contributed by atoms with Gasteiger partial charge in [-0.2, -0.15) is 9.64 Å². The van der Waals surface area contributed by atoms with Gasteiger partial charge in [0.2, 0.25) is 9.67 Å². The molecule has 1 aromatic heterocycles. The maximum Gasteiger partial charge on any atom is 0.243 e. The van der Waals surface area contributed by atoms with E-state index in [-0.39, 0.29) is 11.4 Å². The summed E-state index contributed by atoms with van der Waals surface area (Å²) in [5.74, 6) is -0.324. The van der Waals surface area contributed by atoms with Crippen molar-refractivity contribution in [2.45, 2.75) is 3.79 Å². The molecule has 0 bridgehead atoms. The first-order chi connectivity index (χ1) is 9.32. The molecule has 0 saturated carbocycles. The highest BCUT2D eigenvalue weighted by molar-refractivity contribution is 7.10. The quantitative estimate of drug-likeness (QED) is 0.736. The van der Waals surface area contributed by atoms with Crippen molar-refractivity contribution in [1.29, 1.82) is 5.26 Å². The van der Waals surface area contributed by atoms with Gasteiger partial charge in [-0.1, -0.05) is 46.4 Å². The predicted molar refractivity (Wildman–Crippen MR) is 82.5 cm³/mol. The fourth-order valence-corrected chi connectivity index (χ4v) is 2.95. The number of nitriles is 1. The molecule has 4 nitrogen and oxygen atoms in total. The molecule has 0 spiro atoms. The van der Waals surface area contributed by atoms with Gasteiger partial charge < -0.3 is 10.4 Å². The number of anilines is 2. The van der Waals surface area contributed by atoms with Crippen LogP contribution in [-0.2, 0) is 3.79 Å². The predicted octanol–water partition coefficient (Wildman–Crippen LogP) is 4.94. The van der Waals surface area contributed by atoms with Gasteiger partial charge in [0.25, 0.3) is 0 Å². The minimum Gasteiger partial charge on any atom is -0.492 e. The van der Waals surface area contributed by atoms with E-state index in [0.717, 1.165) is 11.5 Å². The molecule has 0 atom stereocenters. The Morgan fingerprint density at radius 3 is 2.65 bits per heavy atom. The van der Waals surface area contributed by atoms with Gasteiger partial charge in [-0.25, -0.2) is 0 Å². The monoisotopic (exact) mass is 367 g/mol. The highest BCUT2D eigenvalue weighted by Gasteiger charge is 2.26. The van der Waals surface area contributed by atoms with Gasteiger partial charge in [-0.3, -0.25) is 0 Å². The van der Waals surface area contributed by atoms with Crippen LogP contribution in [0.4, 0.5) is 10.7 Å². The summed E-state index contributed by atoms with van der Waals surface area (Å²) in [5.41, 5.74) is 0.915. The molecule has 0 radical (unpaired) electrons. The fourth-order valence-electron chi connectivity index (χ4n) is 1.42. The lowest BCUT2D eigenvalue weighted by Gasteiger charge is -2.15. The minimum atomic E-state index is -1.66. The van der Waals surface area contributed by atoms with Crippen molar-refractivity contribution < 1.29 is 5.11 Å². The molecule has 20 heavy (non-hydrogen) atoms. The lowest BCUT2D eigenvalue weighted by atomic mass is 10.2. The van der Waals surface area contributed by atoms with Gasteiger partial charge in [0.15, 0.2) is 5.56 Å². The number of hydrogen-bond donors (Lipinski definition) is 2. The first-order valence-corrected chi connectivity index (χ1v) is 7.34. The second-order valence-electron chi connectivity index (χ2n) is 3.64. The zero-order chi connectivity index (χ0) is 14.9. The number of aromatic hydroxyl groups is 1. The molecule has 0 unspecified atom stereocenters. The molecule has 0 aliphatic heterocycles. The van der Waals surface area contributed by atoms with Crippen LogP contribution in [0.15, 0.2) is 18.2 Å². The summed E-state index contributed by atoms with van der Waals surface area (Å²) in [5, 5.41) is 21.9. The Kier molecular flexibility index (Phi) is 4.52. The second-order valence-corrected chi connectivity index (χ2v) is 7.10. The van der Waals surface area contributed by atoms with E-state index in [1.54, 1.807) is 18.2 Å². The van der Waals surface area contributed by atoms with Crippen molar-refractivity contribution in [3.63, 3.8) is 0 Å². The molecule has 2 rings (SSSR count). The third-order valence-corrected chi connectivity index (χ3v) is 4.01. The average Bonchev–Trinajstić information content (AvgIpc) is 2.71. The largest absolute Gasteiger partial charge is 0.492 e. The van der Waals surface area contributed by atoms with E-state index in [9.17, 15) is 5.11 Å². The third kappa shape index (κ3) is 3.22. The minimum absolute atomic E-state index is 0.0559. The van der Waals surface area contributed by atoms with E-state index >= 15 is 0 Å². The summed E-state index contributed by atoms with van der Waals surface area (Å²) >= 11 is 24.4. The summed E-state index contributed by atoms with van der Waals surface area (Å²) in [6.07, 6.45) is 0.